The Bertz CT molecular complexity index is 631. The van der Waals surface area contributed by atoms with Crippen LogP contribution in [0.3, 0.4) is 0 Å². The molecule has 0 atom stereocenters. The molecule has 0 bridgehead atoms. The van der Waals surface area contributed by atoms with Crippen LogP contribution in [0.5, 0.6) is 0 Å². The molecule has 2 aromatic heterocycles. The van der Waals surface area contributed by atoms with E-state index >= 15 is 0 Å². The van der Waals surface area contributed by atoms with Crippen molar-refractivity contribution in [3.8, 4) is 0 Å². The number of amides is 1. The fraction of sp³-hybridized carbons (Fsp3) is 0.267. The minimum absolute atomic E-state index is 0.167. The van der Waals surface area contributed by atoms with Gasteiger partial charge in [0.1, 0.15) is 5.82 Å². The minimum atomic E-state index is -0.167. The number of carbonyl (C=O) groups excluding carboxylic acids is 1. The molecule has 110 valence electrons. The van der Waals surface area contributed by atoms with Crippen LogP contribution in [0.2, 0.25) is 5.02 Å². The Morgan fingerprint density at radius 3 is 2.86 bits per heavy atom. The highest BCUT2D eigenvalue weighted by atomic mass is 35.5. The van der Waals surface area contributed by atoms with Gasteiger partial charge in [0, 0.05) is 30.2 Å². The van der Waals surface area contributed by atoms with Crippen LogP contribution in [0.4, 0.5) is 5.82 Å². The average molecular weight is 305 g/mol. The highest BCUT2D eigenvalue weighted by Gasteiger charge is 2.08. The molecule has 2 aromatic rings. The van der Waals surface area contributed by atoms with Crippen LogP contribution in [-0.2, 0) is 17.8 Å². The molecule has 0 saturated heterocycles. The zero-order chi connectivity index (χ0) is 15.2. The first-order valence-electron chi connectivity index (χ1n) is 6.52. The molecule has 2 heterocycles. The normalized spacial score (nSPS) is 10.7. The third-order valence-corrected chi connectivity index (χ3v) is 3.15. The van der Waals surface area contributed by atoms with Gasteiger partial charge in [-0.3, -0.25) is 9.78 Å². The first kappa shape index (κ1) is 15.4. The molecule has 0 aliphatic carbocycles. The summed E-state index contributed by atoms with van der Waals surface area (Å²) in [5.41, 5.74) is 1.78. The van der Waals surface area contributed by atoms with Gasteiger partial charge in [-0.15, -0.1) is 0 Å². The van der Waals surface area contributed by atoms with Gasteiger partial charge in [-0.2, -0.15) is 0 Å². The standard InChI is InChI=1S/C15H17ClN4O/c1-20(2)10-11-3-6-18-14(7-11)19-15(21)8-12-9-17-5-4-13(12)16/h3-7,9H,8,10H2,1-2H3,(H,18,19,21). The smallest absolute Gasteiger partial charge is 0.230 e. The maximum absolute atomic E-state index is 12.0. The van der Waals surface area contributed by atoms with Gasteiger partial charge in [0.2, 0.25) is 5.91 Å². The molecule has 5 nitrogen and oxygen atoms in total. The second kappa shape index (κ2) is 7.15. The third-order valence-electron chi connectivity index (χ3n) is 2.79. The van der Waals surface area contributed by atoms with Gasteiger partial charge in [0.05, 0.1) is 6.42 Å². The zero-order valence-electron chi connectivity index (χ0n) is 12.0. The lowest BCUT2D eigenvalue weighted by molar-refractivity contribution is -0.115. The van der Waals surface area contributed by atoms with E-state index in [2.05, 4.69) is 20.2 Å². The number of pyridine rings is 2. The Labute approximate surface area is 129 Å². The molecule has 0 aliphatic rings. The molecule has 1 amide bonds. The molecule has 0 unspecified atom stereocenters. The van der Waals surface area contributed by atoms with E-state index in [1.165, 1.54) is 0 Å². The fourth-order valence-electron chi connectivity index (χ4n) is 1.91. The van der Waals surface area contributed by atoms with Crippen molar-refractivity contribution in [1.29, 1.82) is 0 Å². The number of hydrogen-bond donors (Lipinski definition) is 1. The van der Waals surface area contributed by atoms with E-state index in [0.29, 0.717) is 16.4 Å². The Balaban J connectivity index is 2.01. The van der Waals surface area contributed by atoms with Crippen LogP contribution in [0.1, 0.15) is 11.1 Å². The lowest BCUT2D eigenvalue weighted by atomic mass is 10.2. The number of halogens is 1. The van der Waals surface area contributed by atoms with Crippen LogP contribution in [0.15, 0.2) is 36.8 Å². The van der Waals surface area contributed by atoms with E-state index in [1.807, 2.05) is 26.2 Å². The van der Waals surface area contributed by atoms with E-state index in [9.17, 15) is 4.79 Å². The molecule has 6 heteroatoms. The number of nitrogens with one attached hydrogen (secondary N) is 1. The number of anilines is 1. The molecular weight excluding hydrogens is 288 g/mol. The van der Waals surface area contributed by atoms with Gasteiger partial charge < -0.3 is 10.2 Å². The lowest BCUT2D eigenvalue weighted by Crippen LogP contribution is -2.16. The zero-order valence-corrected chi connectivity index (χ0v) is 12.8. The fourth-order valence-corrected chi connectivity index (χ4v) is 2.08. The Morgan fingerprint density at radius 2 is 2.14 bits per heavy atom. The second-order valence-electron chi connectivity index (χ2n) is 4.98. The number of carbonyl (C=O) groups is 1. The van der Waals surface area contributed by atoms with Crippen molar-refractivity contribution in [2.45, 2.75) is 13.0 Å². The maximum Gasteiger partial charge on any atom is 0.230 e. The van der Waals surface area contributed by atoms with Crippen LogP contribution >= 0.6 is 11.6 Å². The van der Waals surface area contributed by atoms with Crippen LogP contribution in [0, 0.1) is 0 Å². The number of nitrogens with zero attached hydrogens (tertiary/aromatic N) is 3. The summed E-state index contributed by atoms with van der Waals surface area (Å²) in [6.07, 6.45) is 5.05. The van der Waals surface area contributed by atoms with Gasteiger partial charge >= 0.3 is 0 Å². The summed E-state index contributed by atoms with van der Waals surface area (Å²) in [7, 11) is 3.98. The molecular formula is C15H17ClN4O. The van der Waals surface area contributed by atoms with Crippen LogP contribution < -0.4 is 5.32 Å². The molecule has 1 N–H and O–H groups in total. The number of hydrogen-bond acceptors (Lipinski definition) is 4. The maximum atomic E-state index is 12.0. The Morgan fingerprint density at radius 1 is 1.33 bits per heavy atom. The largest absolute Gasteiger partial charge is 0.310 e. The van der Waals surface area contributed by atoms with Gasteiger partial charge in [-0.05, 0) is 43.4 Å². The molecule has 0 radical (unpaired) electrons. The van der Waals surface area contributed by atoms with Crippen molar-refractivity contribution in [1.82, 2.24) is 14.9 Å². The van der Waals surface area contributed by atoms with Crippen LogP contribution in [0.25, 0.3) is 0 Å². The monoisotopic (exact) mass is 304 g/mol. The van der Waals surface area contributed by atoms with Crippen LogP contribution in [-0.4, -0.2) is 34.9 Å². The summed E-state index contributed by atoms with van der Waals surface area (Å²) < 4.78 is 0. The van der Waals surface area contributed by atoms with Crippen molar-refractivity contribution in [2.75, 3.05) is 19.4 Å². The van der Waals surface area contributed by atoms with E-state index < -0.39 is 0 Å². The average Bonchev–Trinajstić information content (AvgIpc) is 2.41. The van der Waals surface area contributed by atoms with Gasteiger partial charge in [-0.25, -0.2) is 4.98 Å². The second-order valence-corrected chi connectivity index (χ2v) is 5.39. The molecule has 0 aromatic carbocycles. The topological polar surface area (TPSA) is 58.1 Å². The third kappa shape index (κ3) is 4.81. The van der Waals surface area contributed by atoms with Gasteiger partial charge in [0.25, 0.3) is 0 Å². The predicted molar refractivity (Wildman–Crippen MR) is 83.2 cm³/mol. The summed E-state index contributed by atoms with van der Waals surface area (Å²) in [4.78, 5) is 22.2. The van der Waals surface area contributed by atoms with E-state index in [-0.39, 0.29) is 12.3 Å². The van der Waals surface area contributed by atoms with Gasteiger partial charge in [-0.1, -0.05) is 11.6 Å². The highest BCUT2D eigenvalue weighted by molar-refractivity contribution is 6.31. The molecule has 0 spiro atoms. The molecule has 2 rings (SSSR count). The van der Waals surface area contributed by atoms with E-state index in [1.54, 1.807) is 24.7 Å². The predicted octanol–water partition coefficient (Wildman–Crippen LogP) is 2.37. The SMILES string of the molecule is CN(C)Cc1ccnc(NC(=O)Cc2cnccc2Cl)c1. The summed E-state index contributed by atoms with van der Waals surface area (Å²) >= 11 is 6.01. The van der Waals surface area contributed by atoms with Crippen molar-refractivity contribution < 1.29 is 4.79 Å². The van der Waals surface area contributed by atoms with Crippen molar-refractivity contribution in [2.24, 2.45) is 0 Å². The van der Waals surface area contributed by atoms with Crippen molar-refractivity contribution >= 4 is 23.3 Å². The Hall–Kier alpha value is -1.98. The van der Waals surface area contributed by atoms with Crippen molar-refractivity contribution in [3.63, 3.8) is 0 Å². The molecule has 21 heavy (non-hydrogen) atoms. The first-order valence-corrected chi connectivity index (χ1v) is 6.90. The molecule has 0 saturated carbocycles. The minimum Gasteiger partial charge on any atom is -0.310 e. The highest BCUT2D eigenvalue weighted by Crippen LogP contribution is 2.15. The summed E-state index contributed by atoms with van der Waals surface area (Å²) in [5, 5.41) is 3.31. The molecule has 0 fully saturated rings. The van der Waals surface area contributed by atoms with Gasteiger partial charge in [0.15, 0.2) is 0 Å². The quantitative estimate of drug-likeness (QED) is 0.921. The number of rotatable bonds is 5. The van der Waals surface area contributed by atoms with Crippen molar-refractivity contribution in [3.05, 3.63) is 52.9 Å². The molecule has 0 aliphatic heterocycles. The van der Waals surface area contributed by atoms with E-state index in [0.717, 1.165) is 12.1 Å². The number of aromatic nitrogens is 2. The summed E-state index contributed by atoms with van der Waals surface area (Å²) in [6, 6.07) is 5.45. The Kier molecular flexibility index (Phi) is 5.25. The summed E-state index contributed by atoms with van der Waals surface area (Å²) in [6.45, 7) is 0.791. The summed E-state index contributed by atoms with van der Waals surface area (Å²) in [5.74, 6) is 0.374. The lowest BCUT2D eigenvalue weighted by Gasteiger charge is -2.11. The first-order chi connectivity index (χ1) is 10.0. The van der Waals surface area contributed by atoms with E-state index in [4.69, 9.17) is 11.6 Å².